The lowest BCUT2D eigenvalue weighted by atomic mass is 10.1. The second kappa shape index (κ2) is 8.55. The molecule has 4 rings (SSSR count). The second-order valence-electron chi connectivity index (χ2n) is 7.66. The summed E-state index contributed by atoms with van der Waals surface area (Å²) < 4.78 is 17.5. The number of hydrogen-bond acceptors (Lipinski definition) is 3. The fraction of sp³-hybridized carbons (Fsp3) is 0.208. The minimum atomic E-state index is -0.276. The quantitative estimate of drug-likeness (QED) is 0.503. The van der Waals surface area contributed by atoms with Crippen molar-refractivity contribution in [2.75, 3.05) is 5.32 Å². The van der Waals surface area contributed by atoms with E-state index in [1.807, 2.05) is 49.7 Å². The molecule has 0 unspecified atom stereocenters. The molecule has 4 aromatic rings. The van der Waals surface area contributed by atoms with Crippen LogP contribution in [0.25, 0.3) is 0 Å². The van der Waals surface area contributed by atoms with Crippen molar-refractivity contribution in [3.63, 3.8) is 0 Å². The Kier molecular flexibility index (Phi) is 5.66. The number of anilines is 1. The Bertz CT molecular complexity index is 1240. The van der Waals surface area contributed by atoms with Crippen LogP contribution in [0.3, 0.4) is 0 Å². The molecule has 1 N–H and O–H groups in total. The Morgan fingerprint density at radius 2 is 1.65 bits per heavy atom. The molecule has 0 fully saturated rings. The van der Waals surface area contributed by atoms with E-state index in [1.54, 1.807) is 35.0 Å². The third kappa shape index (κ3) is 4.71. The van der Waals surface area contributed by atoms with Crippen molar-refractivity contribution in [1.29, 1.82) is 0 Å². The standard InChI is InChI=1S/C24H24FN5O/c1-16-11-17(2)29(27-16)14-19-7-6-9-20(13-19)24(31)26-23-12-18(3)30(28-23)15-21-8-4-5-10-22(21)25/h4-13H,14-15H2,1-3H3,(H,26,28,31). The first-order valence-corrected chi connectivity index (χ1v) is 10.1. The van der Waals surface area contributed by atoms with Crippen LogP contribution >= 0.6 is 0 Å². The van der Waals surface area contributed by atoms with Crippen molar-refractivity contribution < 1.29 is 9.18 Å². The van der Waals surface area contributed by atoms with Gasteiger partial charge in [0.2, 0.25) is 0 Å². The SMILES string of the molecule is Cc1cc(C)n(Cc2cccc(C(=O)Nc3cc(C)n(Cc4ccccc4F)n3)c2)n1. The van der Waals surface area contributed by atoms with Gasteiger partial charge in [0.15, 0.2) is 5.82 Å². The lowest BCUT2D eigenvalue weighted by Gasteiger charge is -2.08. The van der Waals surface area contributed by atoms with Gasteiger partial charge in [0.25, 0.3) is 5.91 Å². The number of hydrogen-bond donors (Lipinski definition) is 1. The Labute approximate surface area is 180 Å². The van der Waals surface area contributed by atoms with Crippen LogP contribution in [0.5, 0.6) is 0 Å². The van der Waals surface area contributed by atoms with Gasteiger partial charge in [-0.1, -0.05) is 30.3 Å². The first-order valence-electron chi connectivity index (χ1n) is 10.1. The van der Waals surface area contributed by atoms with Crippen LogP contribution in [-0.4, -0.2) is 25.5 Å². The van der Waals surface area contributed by atoms with Gasteiger partial charge in [-0.05, 0) is 50.6 Å². The van der Waals surface area contributed by atoms with Gasteiger partial charge in [0.05, 0.1) is 18.8 Å². The zero-order valence-electron chi connectivity index (χ0n) is 17.8. The molecule has 1 amide bonds. The summed E-state index contributed by atoms with van der Waals surface area (Å²) in [5.74, 6) is -0.0871. The molecule has 2 aromatic carbocycles. The molecule has 0 saturated heterocycles. The third-order valence-electron chi connectivity index (χ3n) is 5.13. The van der Waals surface area contributed by atoms with Crippen molar-refractivity contribution in [3.05, 3.63) is 100 Å². The normalized spacial score (nSPS) is 11.0. The van der Waals surface area contributed by atoms with E-state index in [1.165, 1.54) is 6.07 Å². The zero-order chi connectivity index (χ0) is 22.0. The molecule has 7 heteroatoms. The Morgan fingerprint density at radius 3 is 2.39 bits per heavy atom. The number of halogens is 1. The largest absolute Gasteiger partial charge is 0.305 e. The molecule has 0 aliphatic carbocycles. The predicted octanol–water partition coefficient (Wildman–Crippen LogP) is 4.49. The molecule has 0 radical (unpaired) electrons. The minimum absolute atomic E-state index is 0.245. The van der Waals surface area contributed by atoms with Crippen molar-refractivity contribution >= 4 is 11.7 Å². The summed E-state index contributed by atoms with van der Waals surface area (Å²) in [6.45, 7) is 6.74. The van der Waals surface area contributed by atoms with E-state index in [9.17, 15) is 9.18 Å². The maximum atomic E-state index is 13.9. The molecule has 2 heterocycles. The van der Waals surface area contributed by atoms with E-state index in [-0.39, 0.29) is 11.7 Å². The van der Waals surface area contributed by atoms with Crippen LogP contribution in [0, 0.1) is 26.6 Å². The summed E-state index contributed by atoms with van der Waals surface area (Å²) in [5.41, 5.74) is 4.94. The van der Waals surface area contributed by atoms with Gasteiger partial charge in [0, 0.05) is 28.6 Å². The van der Waals surface area contributed by atoms with Crippen molar-refractivity contribution in [2.45, 2.75) is 33.9 Å². The Morgan fingerprint density at radius 1 is 0.903 bits per heavy atom. The molecule has 6 nitrogen and oxygen atoms in total. The topological polar surface area (TPSA) is 64.7 Å². The maximum absolute atomic E-state index is 13.9. The number of carbonyl (C=O) groups is 1. The molecule has 0 saturated carbocycles. The van der Waals surface area contributed by atoms with Gasteiger partial charge in [-0.2, -0.15) is 10.2 Å². The molecule has 31 heavy (non-hydrogen) atoms. The lowest BCUT2D eigenvalue weighted by Crippen LogP contribution is -2.14. The number of aromatic nitrogens is 4. The first-order chi connectivity index (χ1) is 14.9. The van der Waals surface area contributed by atoms with Crippen molar-refractivity contribution in [3.8, 4) is 0 Å². The summed E-state index contributed by atoms with van der Waals surface area (Å²) in [6.07, 6.45) is 0. The van der Waals surface area contributed by atoms with E-state index >= 15 is 0 Å². The van der Waals surface area contributed by atoms with E-state index in [4.69, 9.17) is 0 Å². The van der Waals surface area contributed by atoms with E-state index in [2.05, 4.69) is 15.5 Å². The predicted molar refractivity (Wildman–Crippen MR) is 118 cm³/mol. The van der Waals surface area contributed by atoms with Crippen LogP contribution in [0.15, 0.2) is 60.7 Å². The summed E-state index contributed by atoms with van der Waals surface area (Å²) in [5, 5.41) is 11.7. The van der Waals surface area contributed by atoms with Crippen LogP contribution in [0.4, 0.5) is 10.2 Å². The van der Waals surface area contributed by atoms with Crippen LogP contribution < -0.4 is 5.32 Å². The number of benzene rings is 2. The average molecular weight is 417 g/mol. The molecule has 0 aliphatic rings. The number of aryl methyl sites for hydroxylation is 3. The number of carbonyl (C=O) groups excluding carboxylic acids is 1. The molecule has 0 aliphatic heterocycles. The number of nitrogens with zero attached hydrogens (tertiary/aromatic N) is 4. The van der Waals surface area contributed by atoms with Gasteiger partial charge in [-0.3, -0.25) is 14.2 Å². The van der Waals surface area contributed by atoms with E-state index in [0.717, 1.165) is 22.6 Å². The maximum Gasteiger partial charge on any atom is 0.256 e. The smallest absolute Gasteiger partial charge is 0.256 e. The summed E-state index contributed by atoms with van der Waals surface area (Å²) in [7, 11) is 0. The van der Waals surface area contributed by atoms with E-state index in [0.29, 0.717) is 30.0 Å². The molecule has 0 atom stereocenters. The molecule has 0 spiro atoms. The first kappa shape index (κ1) is 20.5. The molecular weight excluding hydrogens is 393 g/mol. The molecule has 0 bridgehead atoms. The zero-order valence-corrected chi connectivity index (χ0v) is 17.8. The van der Waals surface area contributed by atoms with Gasteiger partial charge in [0.1, 0.15) is 5.82 Å². The minimum Gasteiger partial charge on any atom is -0.305 e. The van der Waals surface area contributed by atoms with Gasteiger partial charge in [-0.15, -0.1) is 0 Å². The summed E-state index contributed by atoms with van der Waals surface area (Å²) in [6, 6.07) is 17.9. The Balaban J connectivity index is 1.47. The van der Waals surface area contributed by atoms with Crippen molar-refractivity contribution in [2.24, 2.45) is 0 Å². The molecular formula is C24H24FN5O. The van der Waals surface area contributed by atoms with Crippen molar-refractivity contribution in [1.82, 2.24) is 19.6 Å². The average Bonchev–Trinajstić information content (AvgIpc) is 3.24. The van der Waals surface area contributed by atoms with Gasteiger partial charge in [-0.25, -0.2) is 4.39 Å². The van der Waals surface area contributed by atoms with Crippen LogP contribution in [-0.2, 0) is 13.1 Å². The fourth-order valence-corrected chi connectivity index (χ4v) is 3.53. The van der Waals surface area contributed by atoms with E-state index < -0.39 is 0 Å². The highest BCUT2D eigenvalue weighted by Crippen LogP contribution is 2.15. The Hall–Kier alpha value is -3.74. The van der Waals surface area contributed by atoms with Crippen LogP contribution in [0.2, 0.25) is 0 Å². The van der Waals surface area contributed by atoms with Gasteiger partial charge >= 0.3 is 0 Å². The van der Waals surface area contributed by atoms with Crippen LogP contribution in [0.1, 0.15) is 38.6 Å². The highest BCUT2D eigenvalue weighted by atomic mass is 19.1. The lowest BCUT2D eigenvalue weighted by molar-refractivity contribution is 0.102. The highest BCUT2D eigenvalue weighted by molar-refractivity contribution is 6.03. The number of amides is 1. The molecule has 158 valence electrons. The second-order valence-corrected chi connectivity index (χ2v) is 7.66. The monoisotopic (exact) mass is 417 g/mol. The summed E-state index contributed by atoms with van der Waals surface area (Å²) >= 11 is 0. The number of rotatable bonds is 6. The fourth-order valence-electron chi connectivity index (χ4n) is 3.53. The highest BCUT2D eigenvalue weighted by Gasteiger charge is 2.12. The summed E-state index contributed by atoms with van der Waals surface area (Å²) in [4.78, 5) is 12.8. The molecule has 2 aromatic heterocycles. The third-order valence-corrected chi connectivity index (χ3v) is 5.13. The van der Waals surface area contributed by atoms with Gasteiger partial charge < -0.3 is 5.32 Å². The number of nitrogens with one attached hydrogen (secondary N) is 1.